The van der Waals surface area contributed by atoms with Gasteiger partial charge in [0.1, 0.15) is 17.6 Å². The zero-order chi connectivity index (χ0) is 21.2. The molecule has 0 saturated heterocycles. The van der Waals surface area contributed by atoms with Gasteiger partial charge in [0.05, 0.1) is 10.9 Å². The first-order valence-electron chi connectivity index (χ1n) is 10.3. The highest BCUT2D eigenvalue weighted by Gasteiger charge is 2.20. The predicted molar refractivity (Wildman–Crippen MR) is 119 cm³/mol. The minimum atomic E-state index is -0.0953. The molecule has 5 heteroatoms. The van der Waals surface area contributed by atoms with Crippen molar-refractivity contribution in [1.29, 1.82) is 0 Å². The molecule has 1 aromatic heterocycles. The molecule has 2 heterocycles. The third-order valence-electron chi connectivity index (χ3n) is 5.68. The third kappa shape index (κ3) is 3.82. The maximum atomic E-state index is 12.9. The lowest BCUT2D eigenvalue weighted by atomic mass is 10.00. The molecule has 0 fully saturated rings. The molecule has 0 radical (unpaired) electrons. The van der Waals surface area contributed by atoms with Crippen molar-refractivity contribution in [3.05, 3.63) is 100 Å². The van der Waals surface area contributed by atoms with Gasteiger partial charge in [-0.1, -0.05) is 54.6 Å². The number of carbonyl (C=O) groups excluding carboxylic acids is 1. The summed E-state index contributed by atoms with van der Waals surface area (Å²) >= 11 is 0. The van der Waals surface area contributed by atoms with Crippen molar-refractivity contribution < 1.29 is 13.9 Å². The van der Waals surface area contributed by atoms with Crippen LogP contribution in [-0.4, -0.2) is 24.0 Å². The maximum Gasteiger partial charge on any atom is 0.260 e. The van der Waals surface area contributed by atoms with Crippen LogP contribution in [-0.2, 0) is 17.8 Å². The van der Waals surface area contributed by atoms with E-state index in [4.69, 9.17) is 9.15 Å². The summed E-state index contributed by atoms with van der Waals surface area (Å²) in [6.45, 7) is 1.24. The number of carbonyl (C=O) groups is 1. The summed E-state index contributed by atoms with van der Waals surface area (Å²) in [5, 5.41) is 0.479. The molecule has 0 N–H and O–H groups in total. The van der Waals surface area contributed by atoms with Crippen molar-refractivity contribution in [2.24, 2.45) is 0 Å². The average molecular weight is 411 g/mol. The summed E-state index contributed by atoms with van der Waals surface area (Å²) in [7, 11) is 0. The molecule has 1 aliphatic rings. The lowest BCUT2D eigenvalue weighted by molar-refractivity contribution is -0.134. The summed E-state index contributed by atoms with van der Waals surface area (Å²) in [5.74, 6) is 0.435. The second-order valence-electron chi connectivity index (χ2n) is 7.63. The molecule has 1 aliphatic heterocycles. The van der Waals surface area contributed by atoms with Crippen LogP contribution in [0.15, 0.2) is 88.3 Å². The topological polar surface area (TPSA) is 59.8 Å². The molecule has 4 aromatic rings. The minimum absolute atomic E-state index is 0.0556. The zero-order valence-corrected chi connectivity index (χ0v) is 16.9. The molecular weight excluding hydrogens is 390 g/mol. The van der Waals surface area contributed by atoms with Crippen LogP contribution >= 0.6 is 0 Å². The minimum Gasteiger partial charge on any atom is -0.484 e. The normalized spacial score (nSPS) is 13.1. The number of nitrogens with zero attached hydrogens (tertiary/aromatic N) is 1. The lowest BCUT2D eigenvalue weighted by Crippen LogP contribution is -2.38. The van der Waals surface area contributed by atoms with E-state index in [0.717, 1.165) is 12.0 Å². The average Bonchev–Trinajstić information content (AvgIpc) is 2.83. The molecule has 0 atom stereocenters. The molecule has 0 aliphatic carbocycles. The summed E-state index contributed by atoms with van der Waals surface area (Å²) < 4.78 is 11.4. The highest BCUT2D eigenvalue weighted by molar-refractivity contribution is 5.83. The zero-order valence-electron chi connectivity index (χ0n) is 16.9. The van der Waals surface area contributed by atoms with Gasteiger partial charge in [-0.15, -0.1) is 0 Å². The summed E-state index contributed by atoms with van der Waals surface area (Å²) in [6.07, 6.45) is 2.33. The molecule has 154 valence electrons. The maximum absolute atomic E-state index is 12.9. The van der Waals surface area contributed by atoms with Crippen molar-refractivity contribution >= 4 is 16.9 Å². The Hall–Kier alpha value is -3.86. The van der Waals surface area contributed by atoms with E-state index in [1.165, 1.54) is 17.4 Å². The van der Waals surface area contributed by atoms with Crippen LogP contribution in [0, 0.1) is 0 Å². The Morgan fingerprint density at radius 1 is 0.968 bits per heavy atom. The van der Waals surface area contributed by atoms with Crippen molar-refractivity contribution in [1.82, 2.24) is 4.90 Å². The fraction of sp³-hybridized carbons (Fsp3) is 0.154. The number of hydrogen-bond donors (Lipinski definition) is 0. The molecule has 3 aromatic carbocycles. The lowest BCUT2D eigenvalue weighted by Gasteiger charge is -2.28. The standard InChI is InChI=1S/C26H21NO4/c28-25(27-13-12-18-6-4-5-9-20(18)15-27)17-30-21-10-11-22-24(14-21)31-16-23(26(22)29)19-7-2-1-3-8-19/h1-11,14,16H,12-13,15,17H2. The van der Waals surface area contributed by atoms with Gasteiger partial charge in [-0.05, 0) is 35.2 Å². The Balaban J connectivity index is 1.30. The van der Waals surface area contributed by atoms with Gasteiger partial charge in [-0.25, -0.2) is 0 Å². The second-order valence-corrected chi connectivity index (χ2v) is 7.63. The molecule has 0 spiro atoms. The first-order chi connectivity index (χ1) is 15.2. The van der Waals surface area contributed by atoms with Gasteiger partial charge in [-0.3, -0.25) is 9.59 Å². The van der Waals surface area contributed by atoms with Crippen LogP contribution in [0.25, 0.3) is 22.1 Å². The van der Waals surface area contributed by atoms with Crippen LogP contribution in [0.1, 0.15) is 11.1 Å². The first kappa shape index (κ1) is 19.1. The highest BCUT2D eigenvalue weighted by Crippen LogP contribution is 2.23. The highest BCUT2D eigenvalue weighted by atomic mass is 16.5. The largest absolute Gasteiger partial charge is 0.484 e. The SMILES string of the molecule is O=C(COc1ccc2c(=O)c(-c3ccccc3)coc2c1)N1CCc2ccccc2C1. The Labute approximate surface area is 179 Å². The van der Waals surface area contributed by atoms with Gasteiger partial charge in [0.15, 0.2) is 12.0 Å². The fourth-order valence-corrected chi connectivity index (χ4v) is 3.96. The fourth-order valence-electron chi connectivity index (χ4n) is 3.96. The quantitative estimate of drug-likeness (QED) is 0.499. The summed E-state index contributed by atoms with van der Waals surface area (Å²) in [4.78, 5) is 27.3. The molecule has 1 amide bonds. The Kier molecular flexibility index (Phi) is 5.00. The summed E-state index contributed by atoms with van der Waals surface area (Å²) in [5.41, 5.74) is 4.15. The van der Waals surface area contributed by atoms with Crippen LogP contribution in [0.4, 0.5) is 0 Å². The van der Waals surface area contributed by atoms with E-state index in [1.807, 2.05) is 47.4 Å². The number of hydrogen-bond acceptors (Lipinski definition) is 4. The van der Waals surface area contributed by atoms with Crippen LogP contribution < -0.4 is 10.2 Å². The van der Waals surface area contributed by atoms with Crippen molar-refractivity contribution in [3.63, 3.8) is 0 Å². The van der Waals surface area contributed by atoms with Gasteiger partial charge in [-0.2, -0.15) is 0 Å². The van der Waals surface area contributed by atoms with Gasteiger partial charge in [0.2, 0.25) is 0 Å². The van der Waals surface area contributed by atoms with E-state index in [0.29, 0.717) is 35.4 Å². The van der Waals surface area contributed by atoms with Gasteiger partial charge < -0.3 is 14.1 Å². The molecule has 5 nitrogen and oxygen atoms in total. The monoisotopic (exact) mass is 411 g/mol. The molecule has 0 bridgehead atoms. The van der Waals surface area contributed by atoms with Crippen LogP contribution in [0.3, 0.4) is 0 Å². The Bertz CT molecular complexity index is 1310. The molecule has 5 rings (SSSR count). The van der Waals surface area contributed by atoms with E-state index in [1.54, 1.807) is 18.2 Å². The number of amides is 1. The number of benzene rings is 3. The van der Waals surface area contributed by atoms with E-state index < -0.39 is 0 Å². The molecular formula is C26H21NO4. The van der Waals surface area contributed by atoms with Crippen molar-refractivity contribution in [2.75, 3.05) is 13.2 Å². The molecule has 0 unspecified atom stereocenters. The van der Waals surface area contributed by atoms with Gasteiger partial charge in [0, 0.05) is 19.2 Å². The third-order valence-corrected chi connectivity index (χ3v) is 5.68. The smallest absolute Gasteiger partial charge is 0.260 e. The predicted octanol–water partition coefficient (Wildman–Crippen LogP) is 4.42. The molecule has 0 saturated carbocycles. The number of fused-ring (bicyclic) bond motifs is 2. The van der Waals surface area contributed by atoms with Gasteiger partial charge >= 0.3 is 0 Å². The summed E-state index contributed by atoms with van der Waals surface area (Å²) in [6, 6.07) is 22.7. The van der Waals surface area contributed by atoms with E-state index in [2.05, 4.69) is 12.1 Å². The number of ether oxygens (including phenoxy) is 1. The van der Waals surface area contributed by atoms with Gasteiger partial charge in [0.25, 0.3) is 5.91 Å². The first-order valence-corrected chi connectivity index (χ1v) is 10.3. The Morgan fingerprint density at radius 2 is 1.74 bits per heavy atom. The van der Waals surface area contributed by atoms with E-state index >= 15 is 0 Å². The van der Waals surface area contributed by atoms with E-state index in [9.17, 15) is 9.59 Å². The molecule has 31 heavy (non-hydrogen) atoms. The van der Waals surface area contributed by atoms with E-state index in [-0.39, 0.29) is 17.9 Å². The number of rotatable bonds is 4. The van der Waals surface area contributed by atoms with Crippen LogP contribution in [0.5, 0.6) is 5.75 Å². The Morgan fingerprint density at radius 3 is 2.58 bits per heavy atom. The van der Waals surface area contributed by atoms with Crippen molar-refractivity contribution in [2.45, 2.75) is 13.0 Å². The second kappa shape index (κ2) is 8.11. The van der Waals surface area contributed by atoms with Crippen LogP contribution in [0.2, 0.25) is 0 Å². The van der Waals surface area contributed by atoms with Crippen molar-refractivity contribution in [3.8, 4) is 16.9 Å².